The molecule has 1 aromatic rings. The number of hydrogen-bond acceptors (Lipinski definition) is 7. The van der Waals surface area contributed by atoms with Gasteiger partial charge in [-0.15, -0.1) is 0 Å². The molecular formula is C14H19N3O6. The quantitative estimate of drug-likeness (QED) is 0.463. The van der Waals surface area contributed by atoms with Crippen LogP contribution in [0.5, 0.6) is 0 Å². The molecule has 0 unspecified atom stereocenters. The number of nitrogens with zero attached hydrogens (tertiary/aromatic N) is 1. The minimum absolute atomic E-state index is 0.0442. The highest BCUT2D eigenvalue weighted by Crippen LogP contribution is 2.12. The lowest BCUT2D eigenvalue weighted by Gasteiger charge is -2.19. The van der Waals surface area contributed by atoms with Crippen LogP contribution in [0.1, 0.15) is 26.3 Å². The summed E-state index contributed by atoms with van der Waals surface area (Å²) in [6, 6.07) is 5.60. The highest BCUT2D eigenvalue weighted by molar-refractivity contribution is 5.73. The van der Waals surface area contributed by atoms with Crippen molar-refractivity contribution in [3.8, 4) is 0 Å². The van der Waals surface area contributed by atoms with Gasteiger partial charge in [0.05, 0.1) is 4.92 Å². The molecule has 0 bridgehead atoms. The minimum atomic E-state index is -0.785. The molecule has 1 rings (SSSR count). The van der Waals surface area contributed by atoms with Gasteiger partial charge in [0, 0.05) is 12.1 Å². The zero-order chi connectivity index (χ0) is 17.5. The standard InChI is InChI=1S/C14H19N3O6/c1-14(2,3)23-12(18)8-15-16-13(19)22-9-10-4-6-11(7-5-10)17(20)21/h4-7,15H,8-9H2,1-3H3,(H,16,19). The number of non-ortho nitro benzene ring substituents is 1. The van der Waals surface area contributed by atoms with Crippen LogP contribution in [-0.2, 0) is 20.9 Å². The van der Waals surface area contributed by atoms with Gasteiger partial charge in [0.2, 0.25) is 0 Å². The van der Waals surface area contributed by atoms with E-state index in [9.17, 15) is 19.7 Å². The summed E-state index contributed by atoms with van der Waals surface area (Å²) in [5, 5.41) is 10.5. The van der Waals surface area contributed by atoms with E-state index in [4.69, 9.17) is 9.47 Å². The molecule has 0 aromatic heterocycles. The third-order valence-electron chi connectivity index (χ3n) is 2.36. The number of esters is 1. The summed E-state index contributed by atoms with van der Waals surface area (Å²) >= 11 is 0. The van der Waals surface area contributed by atoms with Crippen molar-refractivity contribution < 1.29 is 24.0 Å². The maximum Gasteiger partial charge on any atom is 0.421 e. The van der Waals surface area contributed by atoms with E-state index in [0.29, 0.717) is 5.56 Å². The Morgan fingerprint density at radius 3 is 2.35 bits per heavy atom. The number of ether oxygens (including phenoxy) is 2. The highest BCUT2D eigenvalue weighted by Gasteiger charge is 2.16. The second kappa shape index (κ2) is 8.08. The Morgan fingerprint density at radius 2 is 1.83 bits per heavy atom. The molecule has 0 fully saturated rings. The van der Waals surface area contributed by atoms with E-state index >= 15 is 0 Å². The Morgan fingerprint density at radius 1 is 1.22 bits per heavy atom. The fourth-order valence-electron chi connectivity index (χ4n) is 1.46. The van der Waals surface area contributed by atoms with Crippen molar-refractivity contribution in [1.82, 2.24) is 10.9 Å². The predicted molar refractivity (Wildman–Crippen MR) is 80.3 cm³/mol. The monoisotopic (exact) mass is 325 g/mol. The first kappa shape index (κ1) is 18.4. The maximum atomic E-state index is 11.4. The first-order valence-corrected chi connectivity index (χ1v) is 6.78. The smallest absolute Gasteiger partial charge is 0.421 e. The van der Waals surface area contributed by atoms with Crippen LogP contribution in [0.2, 0.25) is 0 Å². The van der Waals surface area contributed by atoms with E-state index in [0.717, 1.165) is 0 Å². The number of hydrazine groups is 1. The molecule has 0 aliphatic heterocycles. The van der Waals surface area contributed by atoms with E-state index in [1.54, 1.807) is 20.8 Å². The average Bonchev–Trinajstić information content (AvgIpc) is 2.43. The number of nitro benzene ring substituents is 1. The SMILES string of the molecule is CC(C)(C)OC(=O)CNNC(=O)OCc1ccc([N+](=O)[O-])cc1. The van der Waals surface area contributed by atoms with Crippen molar-refractivity contribution in [2.24, 2.45) is 0 Å². The number of rotatable bonds is 6. The normalized spacial score (nSPS) is 10.7. The first-order chi connectivity index (χ1) is 10.7. The average molecular weight is 325 g/mol. The number of amides is 1. The summed E-state index contributed by atoms with van der Waals surface area (Å²) < 4.78 is 9.91. The third-order valence-corrected chi connectivity index (χ3v) is 2.36. The zero-order valence-electron chi connectivity index (χ0n) is 13.1. The number of benzene rings is 1. The lowest BCUT2D eigenvalue weighted by Crippen LogP contribution is -2.42. The summed E-state index contributed by atoms with van der Waals surface area (Å²) in [7, 11) is 0. The van der Waals surface area contributed by atoms with E-state index in [2.05, 4.69) is 10.9 Å². The third kappa shape index (κ3) is 7.77. The molecular weight excluding hydrogens is 306 g/mol. The van der Waals surface area contributed by atoms with Crippen molar-refractivity contribution in [3.05, 3.63) is 39.9 Å². The summed E-state index contributed by atoms with van der Waals surface area (Å²) in [6.07, 6.45) is -0.785. The van der Waals surface area contributed by atoms with Crippen molar-refractivity contribution in [2.45, 2.75) is 33.0 Å². The van der Waals surface area contributed by atoms with Crippen molar-refractivity contribution >= 4 is 17.7 Å². The van der Waals surface area contributed by atoms with Gasteiger partial charge in [-0.1, -0.05) is 0 Å². The number of nitrogens with one attached hydrogen (secondary N) is 2. The Kier molecular flexibility index (Phi) is 6.46. The molecule has 1 aromatic carbocycles. The summed E-state index contributed by atoms with van der Waals surface area (Å²) in [5.74, 6) is -0.520. The van der Waals surface area contributed by atoms with Crippen LogP contribution in [0.3, 0.4) is 0 Å². The van der Waals surface area contributed by atoms with Crippen molar-refractivity contribution in [1.29, 1.82) is 0 Å². The van der Waals surface area contributed by atoms with Gasteiger partial charge in [-0.25, -0.2) is 10.2 Å². The van der Waals surface area contributed by atoms with Crippen LogP contribution in [0.15, 0.2) is 24.3 Å². The Balaban J connectivity index is 2.27. The molecule has 9 heteroatoms. The van der Waals surface area contributed by atoms with Gasteiger partial charge in [-0.05, 0) is 38.5 Å². The van der Waals surface area contributed by atoms with Crippen molar-refractivity contribution in [2.75, 3.05) is 6.54 Å². The number of carbonyl (C=O) groups excluding carboxylic acids is 2. The number of hydrogen-bond donors (Lipinski definition) is 2. The molecule has 0 heterocycles. The molecule has 0 aliphatic rings. The molecule has 0 spiro atoms. The molecule has 0 saturated carbocycles. The minimum Gasteiger partial charge on any atom is -0.459 e. The van der Waals surface area contributed by atoms with Crippen molar-refractivity contribution in [3.63, 3.8) is 0 Å². The Bertz CT molecular complexity index is 565. The van der Waals surface area contributed by atoms with E-state index in [1.807, 2.05) is 0 Å². The van der Waals surface area contributed by atoms with Gasteiger partial charge >= 0.3 is 12.1 Å². The molecule has 23 heavy (non-hydrogen) atoms. The molecule has 1 amide bonds. The van der Waals surface area contributed by atoms with Gasteiger partial charge in [0.1, 0.15) is 18.8 Å². The van der Waals surface area contributed by atoms with Crippen LogP contribution in [-0.4, -0.2) is 29.1 Å². The van der Waals surface area contributed by atoms with Gasteiger partial charge < -0.3 is 9.47 Å². The largest absolute Gasteiger partial charge is 0.459 e. The van der Waals surface area contributed by atoms with Gasteiger partial charge in [0.25, 0.3) is 5.69 Å². The number of carbonyl (C=O) groups is 2. The van der Waals surface area contributed by atoms with E-state index < -0.39 is 22.6 Å². The summed E-state index contributed by atoms with van der Waals surface area (Å²) in [4.78, 5) is 32.8. The van der Waals surface area contributed by atoms with Crippen LogP contribution in [0, 0.1) is 10.1 Å². The predicted octanol–water partition coefficient (Wildman–Crippen LogP) is 1.67. The van der Waals surface area contributed by atoms with Crippen LogP contribution in [0.4, 0.5) is 10.5 Å². The molecule has 2 N–H and O–H groups in total. The lowest BCUT2D eigenvalue weighted by atomic mass is 10.2. The second-order valence-corrected chi connectivity index (χ2v) is 5.56. The van der Waals surface area contributed by atoms with Crippen LogP contribution < -0.4 is 10.9 Å². The summed E-state index contributed by atoms with van der Waals surface area (Å²) in [5.41, 5.74) is 4.51. The Labute approximate surface area is 133 Å². The van der Waals surface area contributed by atoms with Gasteiger partial charge in [0.15, 0.2) is 0 Å². The second-order valence-electron chi connectivity index (χ2n) is 5.56. The molecule has 9 nitrogen and oxygen atoms in total. The lowest BCUT2D eigenvalue weighted by molar-refractivity contribution is -0.384. The van der Waals surface area contributed by atoms with Gasteiger partial charge in [-0.3, -0.25) is 20.3 Å². The first-order valence-electron chi connectivity index (χ1n) is 6.78. The zero-order valence-corrected chi connectivity index (χ0v) is 13.1. The molecule has 0 atom stereocenters. The van der Waals surface area contributed by atoms with Crippen LogP contribution >= 0.6 is 0 Å². The molecule has 126 valence electrons. The van der Waals surface area contributed by atoms with E-state index in [-0.39, 0.29) is 18.8 Å². The van der Waals surface area contributed by atoms with E-state index in [1.165, 1.54) is 24.3 Å². The Hall–Kier alpha value is -2.68. The maximum absolute atomic E-state index is 11.4. The van der Waals surface area contributed by atoms with Crippen LogP contribution in [0.25, 0.3) is 0 Å². The van der Waals surface area contributed by atoms with Gasteiger partial charge in [-0.2, -0.15) is 0 Å². The molecule has 0 radical (unpaired) electrons. The fourth-order valence-corrected chi connectivity index (χ4v) is 1.46. The molecule has 0 aliphatic carbocycles. The number of nitro groups is 1. The summed E-state index contributed by atoms with van der Waals surface area (Å²) in [6.45, 7) is 4.94. The highest BCUT2D eigenvalue weighted by atomic mass is 16.6. The molecule has 0 saturated heterocycles. The fraction of sp³-hybridized carbons (Fsp3) is 0.429. The topological polar surface area (TPSA) is 120 Å².